The van der Waals surface area contributed by atoms with Crippen molar-refractivity contribution in [2.75, 3.05) is 11.9 Å². The maximum atomic E-state index is 13.0. The molecule has 130 valence electrons. The highest BCUT2D eigenvalue weighted by Crippen LogP contribution is 2.35. The summed E-state index contributed by atoms with van der Waals surface area (Å²) >= 11 is 0. The quantitative estimate of drug-likeness (QED) is 0.551. The molecule has 1 rings (SSSR count). The number of carboxylic acid groups (broad SMARTS) is 1. The zero-order valence-electron chi connectivity index (χ0n) is 13.4. The molecule has 23 heavy (non-hydrogen) atoms. The lowest BCUT2D eigenvalue weighted by Gasteiger charge is -2.15. The van der Waals surface area contributed by atoms with Crippen LogP contribution in [0.4, 0.5) is 18.9 Å². The van der Waals surface area contributed by atoms with Gasteiger partial charge >= 0.3 is 12.1 Å². The van der Waals surface area contributed by atoms with Gasteiger partial charge in [-0.05, 0) is 24.6 Å². The Bertz CT molecular complexity index is 501. The van der Waals surface area contributed by atoms with E-state index >= 15 is 0 Å². The van der Waals surface area contributed by atoms with E-state index in [2.05, 4.69) is 12.2 Å². The minimum Gasteiger partial charge on any atom is -0.478 e. The number of anilines is 1. The summed E-state index contributed by atoms with van der Waals surface area (Å²) in [7, 11) is 0. The fourth-order valence-corrected chi connectivity index (χ4v) is 2.37. The molecule has 6 heteroatoms. The third-order valence-corrected chi connectivity index (χ3v) is 3.67. The Balaban J connectivity index is 2.51. The Morgan fingerprint density at radius 2 is 1.70 bits per heavy atom. The van der Waals surface area contributed by atoms with Crippen LogP contribution in [0.3, 0.4) is 0 Å². The van der Waals surface area contributed by atoms with Gasteiger partial charge in [-0.15, -0.1) is 0 Å². The minimum atomic E-state index is -4.58. The Morgan fingerprint density at radius 3 is 2.26 bits per heavy atom. The number of hydrogen-bond donors (Lipinski definition) is 2. The van der Waals surface area contributed by atoms with Crippen molar-refractivity contribution in [3.05, 3.63) is 29.3 Å². The van der Waals surface area contributed by atoms with E-state index in [1.54, 1.807) is 0 Å². The monoisotopic (exact) mass is 331 g/mol. The van der Waals surface area contributed by atoms with Crippen LogP contribution >= 0.6 is 0 Å². The number of rotatable bonds is 10. The second-order valence-corrected chi connectivity index (χ2v) is 5.61. The van der Waals surface area contributed by atoms with Gasteiger partial charge in [0.1, 0.15) is 0 Å². The molecule has 0 aliphatic rings. The van der Waals surface area contributed by atoms with Gasteiger partial charge in [-0.2, -0.15) is 13.2 Å². The molecule has 0 aliphatic carbocycles. The van der Waals surface area contributed by atoms with Crippen LogP contribution in [0.25, 0.3) is 0 Å². The molecule has 0 atom stereocenters. The van der Waals surface area contributed by atoms with Crippen molar-refractivity contribution in [3.63, 3.8) is 0 Å². The summed E-state index contributed by atoms with van der Waals surface area (Å²) in [6.45, 7) is 2.60. The second-order valence-electron chi connectivity index (χ2n) is 5.61. The molecular formula is C17H24F3NO2. The fraction of sp³-hybridized carbons (Fsp3) is 0.588. The zero-order chi connectivity index (χ0) is 17.3. The van der Waals surface area contributed by atoms with E-state index in [1.165, 1.54) is 31.4 Å². The maximum Gasteiger partial charge on any atom is 0.418 e. The first-order valence-corrected chi connectivity index (χ1v) is 8.04. The normalized spacial score (nSPS) is 11.5. The molecule has 1 aromatic rings. The highest BCUT2D eigenvalue weighted by atomic mass is 19.4. The second kappa shape index (κ2) is 9.43. The van der Waals surface area contributed by atoms with E-state index in [0.717, 1.165) is 25.7 Å². The smallest absolute Gasteiger partial charge is 0.418 e. The summed E-state index contributed by atoms with van der Waals surface area (Å²) in [6.07, 6.45) is 3.07. The average Bonchev–Trinajstić information content (AvgIpc) is 2.49. The summed E-state index contributed by atoms with van der Waals surface area (Å²) in [4.78, 5) is 10.8. The predicted octanol–water partition coefficient (Wildman–Crippen LogP) is 5.57. The van der Waals surface area contributed by atoms with Crippen molar-refractivity contribution in [2.24, 2.45) is 0 Å². The number of aromatic carboxylic acids is 1. The molecule has 0 unspecified atom stereocenters. The van der Waals surface area contributed by atoms with Gasteiger partial charge in [0.15, 0.2) is 0 Å². The first-order chi connectivity index (χ1) is 10.9. The van der Waals surface area contributed by atoms with Crippen LogP contribution in [0.1, 0.15) is 67.8 Å². The van der Waals surface area contributed by atoms with Gasteiger partial charge in [-0.3, -0.25) is 0 Å². The van der Waals surface area contributed by atoms with Crippen molar-refractivity contribution >= 4 is 11.7 Å². The van der Waals surface area contributed by atoms with E-state index in [-0.39, 0.29) is 11.3 Å². The molecule has 0 heterocycles. The van der Waals surface area contributed by atoms with E-state index in [0.29, 0.717) is 12.6 Å². The number of carbonyl (C=O) groups is 1. The van der Waals surface area contributed by atoms with Crippen molar-refractivity contribution in [3.8, 4) is 0 Å². The van der Waals surface area contributed by atoms with Crippen LogP contribution in [0.15, 0.2) is 18.2 Å². The molecule has 0 spiro atoms. The number of alkyl halides is 3. The Kier molecular flexibility index (Phi) is 7.92. The molecule has 0 aromatic heterocycles. The van der Waals surface area contributed by atoms with Crippen LogP contribution < -0.4 is 5.32 Å². The molecule has 0 fully saturated rings. The lowest BCUT2D eigenvalue weighted by atomic mass is 10.1. The van der Waals surface area contributed by atoms with Crippen LogP contribution in [0.5, 0.6) is 0 Å². The number of benzene rings is 1. The van der Waals surface area contributed by atoms with Gasteiger partial charge in [0.05, 0.1) is 11.1 Å². The Hall–Kier alpha value is -1.72. The summed E-state index contributed by atoms with van der Waals surface area (Å²) < 4.78 is 39.0. The van der Waals surface area contributed by atoms with Gasteiger partial charge in [0.2, 0.25) is 0 Å². The lowest BCUT2D eigenvalue weighted by molar-refractivity contribution is -0.137. The Labute approximate surface area is 134 Å². The first kappa shape index (κ1) is 19.3. The highest BCUT2D eigenvalue weighted by Gasteiger charge is 2.34. The minimum absolute atomic E-state index is 0.0616. The molecule has 0 saturated carbocycles. The highest BCUT2D eigenvalue weighted by molar-refractivity contribution is 5.88. The predicted molar refractivity (Wildman–Crippen MR) is 84.9 cm³/mol. The average molecular weight is 331 g/mol. The molecule has 0 bridgehead atoms. The number of carboxylic acids is 1. The van der Waals surface area contributed by atoms with Crippen LogP contribution in [-0.4, -0.2) is 17.6 Å². The summed E-state index contributed by atoms with van der Waals surface area (Å²) in [5, 5.41) is 11.6. The SMILES string of the molecule is CCCCCCCCCNc1ccc(C(=O)O)cc1C(F)(F)F. The number of unbranched alkanes of at least 4 members (excludes halogenated alkanes) is 6. The van der Waals surface area contributed by atoms with E-state index in [9.17, 15) is 18.0 Å². The summed E-state index contributed by atoms with van der Waals surface area (Å²) in [5.74, 6) is -1.37. The van der Waals surface area contributed by atoms with Crippen molar-refractivity contribution in [1.82, 2.24) is 0 Å². The number of nitrogens with one attached hydrogen (secondary N) is 1. The Morgan fingerprint density at radius 1 is 1.09 bits per heavy atom. The number of halogens is 3. The van der Waals surface area contributed by atoms with Gasteiger partial charge in [-0.1, -0.05) is 45.4 Å². The van der Waals surface area contributed by atoms with Gasteiger partial charge in [0, 0.05) is 12.2 Å². The van der Waals surface area contributed by atoms with Crippen molar-refractivity contribution < 1.29 is 23.1 Å². The molecular weight excluding hydrogens is 307 g/mol. The van der Waals surface area contributed by atoms with Crippen molar-refractivity contribution in [1.29, 1.82) is 0 Å². The largest absolute Gasteiger partial charge is 0.478 e. The zero-order valence-corrected chi connectivity index (χ0v) is 13.4. The summed E-state index contributed by atoms with van der Waals surface area (Å²) in [5.41, 5.74) is -1.35. The topological polar surface area (TPSA) is 49.3 Å². The van der Waals surface area contributed by atoms with Gasteiger partial charge < -0.3 is 10.4 Å². The maximum absolute atomic E-state index is 13.0. The van der Waals surface area contributed by atoms with E-state index in [4.69, 9.17) is 5.11 Å². The number of hydrogen-bond acceptors (Lipinski definition) is 2. The van der Waals surface area contributed by atoms with Gasteiger partial charge in [-0.25, -0.2) is 4.79 Å². The molecule has 3 nitrogen and oxygen atoms in total. The summed E-state index contributed by atoms with van der Waals surface area (Å²) in [6, 6.07) is 3.05. The van der Waals surface area contributed by atoms with E-state index in [1.807, 2.05) is 0 Å². The lowest BCUT2D eigenvalue weighted by Crippen LogP contribution is -2.13. The van der Waals surface area contributed by atoms with Crippen LogP contribution in [0, 0.1) is 0 Å². The standard InChI is InChI=1S/C17H24F3NO2/c1-2-3-4-5-6-7-8-11-21-15-10-9-13(16(22)23)12-14(15)17(18,19)20/h9-10,12,21H,2-8,11H2,1H3,(H,22,23). The molecule has 0 radical (unpaired) electrons. The molecule has 0 saturated heterocycles. The fourth-order valence-electron chi connectivity index (χ4n) is 2.37. The van der Waals surface area contributed by atoms with E-state index < -0.39 is 17.7 Å². The van der Waals surface area contributed by atoms with Gasteiger partial charge in [0.25, 0.3) is 0 Å². The van der Waals surface area contributed by atoms with Crippen molar-refractivity contribution in [2.45, 2.75) is 58.0 Å². The third-order valence-electron chi connectivity index (χ3n) is 3.67. The molecule has 2 N–H and O–H groups in total. The third kappa shape index (κ3) is 6.93. The molecule has 0 aliphatic heterocycles. The van der Waals surface area contributed by atoms with Crippen LogP contribution in [0.2, 0.25) is 0 Å². The first-order valence-electron chi connectivity index (χ1n) is 8.04. The molecule has 1 aromatic carbocycles. The van der Waals surface area contributed by atoms with Crippen LogP contribution in [-0.2, 0) is 6.18 Å². The molecule has 0 amide bonds.